The van der Waals surface area contributed by atoms with Crippen molar-refractivity contribution in [2.75, 3.05) is 5.32 Å². The zero-order chi connectivity index (χ0) is 13.0. The molecule has 2 N–H and O–H groups in total. The van der Waals surface area contributed by atoms with Crippen molar-refractivity contribution in [3.05, 3.63) is 33.9 Å². The van der Waals surface area contributed by atoms with Gasteiger partial charge in [0, 0.05) is 12.1 Å². The fraction of sp³-hybridized carbons (Fsp3) is 0.182. The van der Waals surface area contributed by atoms with Gasteiger partial charge in [-0.3, -0.25) is 10.1 Å². The fourth-order valence-electron chi connectivity index (χ4n) is 1.22. The summed E-state index contributed by atoms with van der Waals surface area (Å²) in [5.74, 6) is 1.13. The molecule has 0 heterocycles. The SMILES string of the molecule is C#CC(C)Nc1ccc([N+](=O)[O-])cc1C(=O)O. The molecule has 17 heavy (non-hydrogen) atoms. The van der Waals surface area contributed by atoms with Crippen LogP contribution in [0.15, 0.2) is 18.2 Å². The number of nitrogens with zero attached hydrogens (tertiary/aromatic N) is 1. The number of rotatable bonds is 4. The van der Waals surface area contributed by atoms with E-state index in [1.54, 1.807) is 6.92 Å². The van der Waals surface area contributed by atoms with Crippen molar-refractivity contribution in [3.8, 4) is 12.3 Å². The van der Waals surface area contributed by atoms with Crippen LogP contribution in [0.4, 0.5) is 11.4 Å². The molecule has 6 nitrogen and oxygen atoms in total. The molecular formula is C11H10N2O4. The Balaban J connectivity index is 3.18. The van der Waals surface area contributed by atoms with Crippen molar-refractivity contribution in [2.45, 2.75) is 13.0 Å². The zero-order valence-corrected chi connectivity index (χ0v) is 9.01. The predicted molar refractivity (Wildman–Crippen MR) is 62.0 cm³/mol. The average Bonchev–Trinajstić information content (AvgIpc) is 2.28. The fourth-order valence-corrected chi connectivity index (χ4v) is 1.22. The van der Waals surface area contributed by atoms with Gasteiger partial charge in [-0.1, -0.05) is 5.92 Å². The summed E-state index contributed by atoms with van der Waals surface area (Å²) < 4.78 is 0. The molecule has 1 aromatic rings. The molecule has 0 bridgehead atoms. The van der Waals surface area contributed by atoms with Gasteiger partial charge in [0.25, 0.3) is 5.69 Å². The number of aromatic carboxylic acids is 1. The van der Waals surface area contributed by atoms with E-state index in [1.165, 1.54) is 12.1 Å². The first kappa shape index (κ1) is 12.5. The van der Waals surface area contributed by atoms with Gasteiger partial charge >= 0.3 is 5.97 Å². The van der Waals surface area contributed by atoms with Gasteiger partial charge in [0.2, 0.25) is 0 Å². The van der Waals surface area contributed by atoms with Gasteiger partial charge in [-0.25, -0.2) is 4.79 Å². The van der Waals surface area contributed by atoms with Crippen LogP contribution in [-0.4, -0.2) is 22.0 Å². The number of carboxylic acid groups (broad SMARTS) is 1. The normalized spacial score (nSPS) is 11.3. The molecule has 0 fully saturated rings. The highest BCUT2D eigenvalue weighted by molar-refractivity contribution is 5.95. The molecule has 0 radical (unpaired) electrons. The van der Waals surface area contributed by atoms with Crippen molar-refractivity contribution in [1.29, 1.82) is 0 Å². The third-order valence-electron chi connectivity index (χ3n) is 2.07. The number of hydrogen-bond donors (Lipinski definition) is 2. The van der Waals surface area contributed by atoms with Gasteiger partial charge in [-0.2, -0.15) is 0 Å². The lowest BCUT2D eigenvalue weighted by Crippen LogP contribution is -2.15. The lowest BCUT2D eigenvalue weighted by Gasteiger charge is -2.11. The van der Waals surface area contributed by atoms with Gasteiger partial charge in [0.05, 0.1) is 22.2 Å². The molecule has 0 spiro atoms. The molecule has 1 unspecified atom stereocenters. The molecule has 88 valence electrons. The Kier molecular flexibility index (Phi) is 3.67. The van der Waals surface area contributed by atoms with E-state index in [4.69, 9.17) is 11.5 Å². The van der Waals surface area contributed by atoms with Crippen LogP contribution >= 0.6 is 0 Å². The summed E-state index contributed by atoms with van der Waals surface area (Å²) in [6, 6.07) is 3.18. The van der Waals surface area contributed by atoms with Crippen LogP contribution in [0, 0.1) is 22.5 Å². The van der Waals surface area contributed by atoms with Gasteiger partial charge in [-0.15, -0.1) is 6.42 Å². The molecule has 1 atom stereocenters. The largest absolute Gasteiger partial charge is 0.478 e. The lowest BCUT2D eigenvalue weighted by atomic mass is 10.1. The molecule has 0 saturated heterocycles. The van der Waals surface area contributed by atoms with E-state index in [0.29, 0.717) is 0 Å². The van der Waals surface area contributed by atoms with Crippen molar-refractivity contribution < 1.29 is 14.8 Å². The summed E-state index contributed by atoms with van der Waals surface area (Å²) in [6.45, 7) is 1.67. The number of carboxylic acids is 1. The monoisotopic (exact) mass is 234 g/mol. The van der Waals surface area contributed by atoms with Crippen molar-refractivity contribution in [2.24, 2.45) is 0 Å². The van der Waals surface area contributed by atoms with E-state index in [-0.39, 0.29) is 23.0 Å². The number of non-ortho nitro benzene ring substituents is 1. The number of carbonyl (C=O) groups is 1. The van der Waals surface area contributed by atoms with Crippen LogP contribution in [0.3, 0.4) is 0 Å². The summed E-state index contributed by atoms with van der Waals surface area (Å²) in [4.78, 5) is 20.8. The highest BCUT2D eigenvalue weighted by atomic mass is 16.6. The van der Waals surface area contributed by atoms with Crippen molar-refractivity contribution >= 4 is 17.3 Å². The molecular weight excluding hydrogens is 224 g/mol. The molecule has 0 saturated carbocycles. The van der Waals surface area contributed by atoms with Gasteiger partial charge < -0.3 is 10.4 Å². The van der Waals surface area contributed by atoms with Crippen LogP contribution in [0.1, 0.15) is 17.3 Å². The number of anilines is 1. The Hall–Kier alpha value is -2.55. The quantitative estimate of drug-likeness (QED) is 0.470. The molecule has 0 aliphatic rings. The van der Waals surface area contributed by atoms with E-state index in [0.717, 1.165) is 6.07 Å². The molecule has 0 amide bonds. The van der Waals surface area contributed by atoms with Crippen LogP contribution < -0.4 is 5.32 Å². The van der Waals surface area contributed by atoms with E-state index in [2.05, 4.69) is 11.2 Å². The van der Waals surface area contributed by atoms with Gasteiger partial charge in [0.15, 0.2) is 0 Å². The third-order valence-corrected chi connectivity index (χ3v) is 2.07. The van der Waals surface area contributed by atoms with Crippen LogP contribution in [-0.2, 0) is 0 Å². The highest BCUT2D eigenvalue weighted by Gasteiger charge is 2.16. The van der Waals surface area contributed by atoms with Gasteiger partial charge in [-0.05, 0) is 13.0 Å². The maximum Gasteiger partial charge on any atom is 0.338 e. The van der Waals surface area contributed by atoms with E-state index >= 15 is 0 Å². The number of benzene rings is 1. The third kappa shape index (κ3) is 2.95. The Bertz CT molecular complexity index is 505. The zero-order valence-electron chi connectivity index (χ0n) is 9.01. The van der Waals surface area contributed by atoms with Crippen LogP contribution in [0.5, 0.6) is 0 Å². The summed E-state index contributed by atoms with van der Waals surface area (Å²) in [5.41, 5.74) is -0.198. The summed E-state index contributed by atoms with van der Waals surface area (Å²) in [6.07, 6.45) is 5.16. The smallest absolute Gasteiger partial charge is 0.338 e. The molecule has 0 aromatic heterocycles. The number of nitro benzene ring substituents is 1. The maximum atomic E-state index is 11.0. The summed E-state index contributed by atoms with van der Waals surface area (Å²) >= 11 is 0. The Labute approximate surface area is 97.4 Å². The average molecular weight is 234 g/mol. The Morgan fingerprint density at radius 2 is 2.29 bits per heavy atom. The second kappa shape index (κ2) is 4.99. The molecule has 0 aliphatic heterocycles. The van der Waals surface area contributed by atoms with E-state index < -0.39 is 10.9 Å². The van der Waals surface area contributed by atoms with Gasteiger partial charge in [0.1, 0.15) is 0 Å². The van der Waals surface area contributed by atoms with Crippen LogP contribution in [0.25, 0.3) is 0 Å². The van der Waals surface area contributed by atoms with E-state index in [1.807, 2.05) is 0 Å². The molecule has 1 rings (SSSR count). The topological polar surface area (TPSA) is 92.5 Å². The first-order valence-electron chi connectivity index (χ1n) is 4.70. The summed E-state index contributed by atoms with van der Waals surface area (Å²) in [5, 5.41) is 22.2. The minimum Gasteiger partial charge on any atom is -0.478 e. The second-order valence-corrected chi connectivity index (χ2v) is 3.32. The first-order valence-corrected chi connectivity index (χ1v) is 4.70. The summed E-state index contributed by atoms with van der Waals surface area (Å²) in [7, 11) is 0. The molecule has 0 aliphatic carbocycles. The van der Waals surface area contributed by atoms with Crippen LogP contribution in [0.2, 0.25) is 0 Å². The van der Waals surface area contributed by atoms with Crippen molar-refractivity contribution in [1.82, 2.24) is 0 Å². The molecule has 6 heteroatoms. The lowest BCUT2D eigenvalue weighted by molar-refractivity contribution is -0.384. The van der Waals surface area contributed by atoms with E-state index in [9.17, 15) is 14.9 Å². The first-order chi connectivity index (χ1) is 7.95. The standard InChI is InChI=1S/C11H10N2O4/c1-3-7(2)12-10-5-4-8(13(16)17)6-9(10)11(14)15/h1,4-7,12H,2H3,(H,14,15). The highest BCUT2D eigenvalue weighted by Crippen LogP contribution is 2.22. The molecule has 1 aromatic carbocycles. The Morgan fingerprint density at radius 1 is 1.65 bits per heavy atom. The number of nitrogens with one attached hydrogen (secondary N) is 1. The number of nitro groups is 1. The predicted octanol–water partition coefficient (Wildman–Crippen LogP) is 1.73. The minimum absolute atomic E-state index is 0.179. The number of hydrogen-bond acceptors (Lipinski definition) is 4. The second-order valence-electron chi connectivity index (χ2n) is 3.32. The number of terminal acetylenes is 1. The maximum absolute atomic E-state index is 11.0. The minimum atomic E-state index is -1.25. The Morgan fingerprint density at radius 3 is 2.76 bits per heavy atom. The van der Waals surface area contributed by atoms with Crippen molar-refractivity contribution in [3.63, 3.8) is 0 Å².